The van der Waals surface area contributed by atoms with Crippen LogP contribution in [0.3, 0.4) is 0 Å². The number of morpholine rings is 1. The Kier molecular flexibility index (Phi) is 5.08. The predicted octanol–water partition coefficient (Wildman–Crippen LogP) is 0.781. The number of carbonyl (C=O) groups is 1. The lowest BCUT2D eigenvalue weighted by molar-refractivity contribution is -0.145. The van der Waals surface area contributed by atoms with E-state index in [0.717, 1.165) is 30.9 Å². The van der Waals surface area contributed by atoms with Crippen molar-refractivity contribution in [3.8, 4) is 11.3 Å². The summed E-state index contributed by atoms with van der Waals surface area (Å²) in [4.78, 5) is 25.7. The lowest BCUT2D eigenvalue weighted by Crippen LogP contribution is -2.55. The van der Waals surface area contributed by atoms with Gasteiger partial charge < -0.3 is 19.9 Å². The van der Waals surface area contributed by atoms with Gasteiger partial charge in [0.05, 0.1) is 12.3 Å². The zero-order chi connectivity index (χ0) is 17.8. The van der Waals surface area contributed by atoms with Crippen molar-refractivity contribution in [1.29, 1.82) is 0 Å². The van der Waals surface area contributed by atoms with E-state index in [1.807, 2.05) is 41.3 Å². The van der Waals surface area contributed by atoms with Crippen molar-refractivity contribution >= 4 is 11.9 Å². The quantitative estimate of drug-likeness (QED) is 0.879. The van der Waals surface area contributed by atoms with Crippen LogP contribution in [0, 0.1) is 0 Å². The minimum absolute atomic E-state index is 0.0794. The van der Waals surface area contributed by atoms with Crippen LogP contribution in [0.5, 0.6) is 0 Å². The van der Waals surface area contributed by atoms with Gasteiger partial charge in [-0.3, -0.25) is 4.79 Å². The molecule has 2 aliphatic heterocycles. The fraction of sp³-hybridized carbons (Fsp3) is 0.421. The molecular formula is C19H23N5O2. The summed E-state index contributed by atoms with van der Waals surface area (Å²) >= 11 is 0. The molecule has 0 unspecified atom stereocenters. The first-order chi connectivity index (χ1) is 12.8. The topological polar surface area (TPSA) is 70.6 Å². The van der Waals surface area contributed by atoms with Crippen molar-refractivity contribution < 1.29 is 9.53 Å². The standard InChI is InChI=1S/C19H23N5O2/c25-18(17-14-20-8-13-26-17)23-9-11-24(12-10-23)19-21-7-6-16(22-19)15-4-2-1-3-5-15/h1-7,17,20H,8-14H2/t17-/m0/s1. The van der Waals surface area contributed by atoms with Crippen LogP contribution in [-0.2, 0) is 9.53 Å². The molecular weight excluding hydrogens is 330 g/mol. The average Bonchev–Trinajstić information content (AvgIpc) is 2.75. The van der Waals surface area contributed by atoms with Crippen LogP contribution in [0.4, 0.5) is 5.95 Å². The maximum Gasteiger partial charge on any atom is 0.253 e. The molecule has 1 atom stereocenters. The molecule has 0 saturated carbocycles. The molecule has 7 heteroatoms. The smallest absolute Gasteiger partial charge is 0.253 e. The fourth-order valence-corrected chi connectivity index (χ4v) is 3.32. The summed E-state index contributed by atoms with van der Waals surface area (Å²) in [5, 5.41) is 3.21. The molecule has 0 bridgehead atoms. The van der Waals surface area contributed by atoms with Crippen molar-refractivity contribution in [1.82, 2.24) is 20.2 Å². The van der Waals surface area contributed by atoms with Gasteiger partial charge in [0.1, 0.15) is 6.10 Å². The van der Waals surface area contributed by atoms with Crippen molar-refractivity contribution in [2.24, 2.45) is 0 Å². The van der Waals surface area contributed by atoms with E-state index in [9.17, 15) is 4.79 Å². The second kappa shape index (κ2) is 7.80. The summed E-state index contributed by atoms with van der Waals surface area (Å²) in [6.45, 7) is 4.79. The number of hydrogen-bond acceptors (Lipinski definition) is 6. The lowest BCUT2D eigenvalue weighted by atomic mass is 10.1. The minimum atomic E-state index is -0.354. The Hall–Kier alpha value is -2.51. The summed E-state index contributed by atoms with van der Waals surface area (Å²) in [7, 11) is 0. The zero-order valence-corrected chi connectivity index (χ0v) is 14.7. The average molecular weight is 353 g/mol. The first kappa shape index (κ1) is 16.9. The number of anilines is 1. The first-order valence-corrected chi connectivity index (χ1v) is 9.06. The molecule has 4 rings (SSSR count). The van der Waals surface area contributed by atoms with Gasteiger partial charge in [-0.1, -0.05) is 30.3 Å². The number of nitrogens with zero attached hydrogens (tertiary/aromatic N) is 4. The Balaban J connectivity index is 1.39. The van der Waals surface area contributed by atoms with Gasteiger partial charge in [0.2, 0.25) is 5.95 Å². The molecule has 1 amide bonds. The molecule has 2 aromatic rings. The van der Waals surface area contributed by atoms with E-state index in [1.54, 1.807) is 6.20 Å². The molecule has 3 heterocycles. The number of aromatic nitrogens is 2. The molecule has 0 spiro atoms. The second-order valence-electron chi connectivity index (χ2n) is 6.48. The Bertz CT molecular complexity index is 741. The molecule has 26 heavy (non-hydrogen) atoms. The summed E-state index contributed by atoms with van der Waals surface area (Å²) in [6, 6.07) is 12.0. The van der Waals surface area contributed by atoms with Gasteiger partial charge in [-0.25, -0.2) is 9.97 Å². The van der Waals surface area contributed by atoms with Crippen LogP contribution in [0.2, 0.25) is 0 Å². The minimum Gasteiger partial charge on any atom is -0.366 e. The van der Waals surface area contributed by atoms with Crippen LogP contribution in [0.25, 0.3) is 11.3 Å². The molecule has 1 N–H and O–H groups in total. The molecule has 7 nitrogen and oxygen atoms in total. The van der Waals surface area contributed by atoms with Crippen molar-refractivity contribution in [3.63, 3.8) is 0 Å². The Morgan fingerprint density at radius 3 is 2.65 bits per heavy atom. The molecule has 0 aliphatic carbocycles. The monoisotopic (exact) mass is 353 g/mol. The van der Waals surface area contributed by atoms with E-state index >= 15 is 0 Å². The number of rotatable bonds is 3. The van der Waals surface area contributed by atoms with Crippen LogP contribution in [0.1, 0.15) is 0 Å². The highest BCUT2D eigenvalue weighted by Crippen LogP contribution is 2.19. The van der Waals surface area contributed by atoms with E-state index in [2.05, 4.69) is 15.2 Å². The summed E-state index contributed by atoms with van der Waals surface area (Å²) < 4.78 is 5.58. The third kappa shape index (κ3) is 3.68. The lowest BCUT2D eigenvalue weighted by Gasteiger charge is -2.37. The fourth-order valence-electron chi connectivity index (χ4n) is 3.32. The maximum absolute atomic E-state index is 12.5. The number of nitrogens with one attached hydrogen (secondary N) is 1. The normalized spacial score (nSPS) is 20.8. The summed E-state index contributed by atoms with van der Waals surface area (Å²) in [5.74, 6) is 0.796. The van der Waals surface area contributed by atoms with E-state index in [1.165, 1.54) is 0 Å². The third-order valence-electron chi connectivity index (χ3n) is 4.79. The summed E-state index contributed by atoms with van der Waals surface area (Å²) in [5.41, 5.74) is 1.99. The van der Waals surface area contributed by atoms with E-state index in [0.29, 0.717) is 32.2 Å². The van der Waals surface area contributed by atoms with E-state index < -0.39 is 0 Å². The van der Waals surface area contributed by atoms with Crippen molar-refractivity contribution in [3.05, 3.63) is 42.6 Å². The van der Waals surface area contributed by atoms with Gasteiger partial charge in [0, 0.05) is 51.0 Å². The van der Waals surface area contributed by atoms with Crippen LogP contribution >= 0.6 is 0 Å². The van der Waals surface area contributed by atoms with Crippen molar-refractivity contribution in [2.75, 3.05) is 50.8 Å². The van der Waals surface area contributed by atoms with Crippen LogP contribution in [0.15, 0.2) is 42.6 Å². The Morgan fingerprint density at radius 2 is 1.92 bits per heavy atom. The van der Waals surface area contributed by atoms with Gasteiger partial charge in [-0.15, -0.1) is 0 Å². The first-order valence-electron chi connectivity index (χ1n) is 9.06. The molecule has 1 aromatic carbocycles. The second-order valence-corrected chi connectivity index (χ2v) is 6.48. The number of ether oxygens (including phenoxy) is 1. The van der Waals surface area contributed by atoms with Gasteiger partial charge >= 0.3 is 0 Å². The van der Waals surface area contributed by atoms with E-state index in [4.69, 9.17) is 9.72 Å². The molecule has 136 valence electrons. The molecule has 1 aromatic heterocycles. The molecule has 0 radical (unpaired) electrons. The van der Waals surface area contributed by atoms with Gasteiger partial charge in [-0.05, 0) is 6.07 Å². The summed E-state index contributed by atoms with van der Waals surface area (Å²) in [6.07, 6.45) is 1.44. The van der Waals surface area contributed by atoms with E-state index in [-0.39, 0.29) is 12.0 Å². The molecule has 2 saturated heterocycles. The molecule has 2 aliphatic rings. The number of amides is 1. The highest BCUT2D eigenvalue weighted by molar-refractivity contribution is 5.81. The van der Waals surface area contributed by atoms with Crippen LogP contribution < -0.4 is 10.2 Å². The number of carbonyl (C=O) groups excluding carboxylic acids is 1. The Morgan fingerprint density at radius 1 is 1.12 bits per heavy atom. The third-order valence-corrected chi connectivity index (χ3v) is 4.79. The van der Waals surface area contributed by atoms with Gasteiger partial charge in [0.25, 0.3) is 5.91 Å². The largest absolute Gasteiger partial charge is 0.366 e. The highest BCUT2D eigenvalue weighted by atomic mass is 16.5. The van der Waals surface area contributed by atoms with Gasteiger partial charge in [0.15, 0.2) is 0 Å². The number of benzene rings is 1. The van der Waals surface area contributed by atoms with Gasteiger partial charge in [-0.2, -0.15) is 0 Å². The van der Waals surface area contributed by atoms with Crippen molar-refractivity contribution in [2.45, 2.75) is 6.10 Å². The van der Waals surface area contributed by atoms with Crippen LogP contribution in [-0.4, -0.2) is 72.8 Å². The zero-order valence-electron chi connectivity index (χ0n) is 14.7. The predicted molar refractivity (Wildman–Crippen MR) is 98.9 cm³/mol. The SMILES string of the molecule is O=C([C@@H]1CNCCO1)N1CCN(c2nccc(-c3ccccc3)n2)CC1. The number of hydrogen-bond donors (Lipinski definition) is 1. The highest BCUT2D eigenvalue weighted by Gasteiger charge is 2.29. The number of piperazine rings is 1. The Labute approximate surface area is 153 Å². The molecule has 2 fully saturated rings. The maximum atomic E-state index is 12.5.